The number of aromatic nitrogens is 3. The lowest BCUT2D eigenvalue weighted by Crippen LogP contribution is -2.37. The van der Waals surface area contributed by atoms with Crippen LogP contribution in [0.15, 0.2) is 23.2 Å². The van der Waals surface area contributed by atoms with Gasteiger partial charge in [-0.05, 0) is 31.5 Å². The Balaban J connectivity index is 2.15. The first-order chi connectivity index (χ1) is 12.2. The van der Waals surface area contributed by atoms with Crippen LogP contribution in [0.3, 0.4) is 0 Å². The van der Waals surface area contributed by atoms with Gasteiger partial charge in [-0.2, -0.15) is 13.2 Å². The van der Waals surface area contributed by atoms with Crippen molar-refractivity contribution in [1.82, 2.24) is 25.4 Å². The number of rotatable bonds is 5. The van der Waals surface area contributed by atoms with E-state index in [-0.39, 0.29) is 12.1 Å². The number of halogens is 4. The van der Waals surface area contributed by atoms with Gasteiger partial charge in [-0.25, -0.2) is 9.38 Å². The van der Waals surface area contributed by atoms with Gasteiger partial charge < -0.3 is 15.2 Å². The molecule has 0 aliphatic heterocycles. The lowest BCUT2D eigenvalue weighted by atomic mass is 10.1. The number of aliphatic imine (C=N–C) groups is 1. The van der Waals surface area contributed by atoms with E-state index < -0.39 is 17.6 Å². The van der Waals surface area contributed by atoms with Gasteiger partial charge in [0.1, 0.15) is 11.6 Å². The molecule has 6 nitrogen and oxygen atoms in total. The molecule has 10 heteroatoms. The van der Waals surface area contributed by atoms with E-state index in [9.17, 15) is 17.6 Å². The molecule has 0 saturated heterocycles. The summed E-state index contributed by atoms with van der Waals surface area (Å²) in [6.07, 6.45) is -4.64. The highest BCUT2D eigenvalue weighted by Gasteiger charge is 2.33. The van der Waals surface area contributed by atoms with Crippen LogP contribution in [0.25, 0.3) is 0 Å². The molecule has 26 heavy (non-hydrogen) atoms. The second-order valence-corrected chi connectivity index (χ2v) is 5.57. The van der Waals surface area contributed by atoms with Crippen LogP contribution in [-0.2, 0) is 26.3 Å². The lowest BCUT2D eigenvalue weighted by molar-refractivity contribution is -0.138. The minimum absolute atomic E-state index is 0.106. The highest BCUT2D eigenvalue weighted by molar-refractivity contribution is 5.79. The molecule has 142 valence electrons. The van der Waals surface area contributed by atoms with Gasteiger partial charge in [0, 0.05) is 13.6 Å². The van der Waals surface area contributed by atoms with Crippen LogP contribution in [0, 0.1) is 12.7 Å². The van der Waals surface area contributed by atoms with E-state index >= 15 is 0 Å². The first kappa shape index (κ1) is 19.7. The van der Waals surface area contributed by atoms with Gasteiger partial charge in [-0.1, -0.05) is 6.07 Å². The SMILES string of the molecule is CCNC(=NCc1ccc(F)cc1C(F)(F)F)NCc1nnc(C)n1C. The Kier molecular flexibility index (Phi) is 6.17. The van der Waals surface area contributed by atoms with Crippen molar-refractivity contribution in [1.29, 1.82) is 0 Å². The summed E-state index contributed by atoms with van der Waals surface area (Å²) in [5.41, 5.74) is -1.13. The maximum atomic E-state index is 13.2. The molecular formula is C16H20F4N6. The molecule has 0 atom stereocenters. The average Bonchev–Trinajstić information content (AvgIpc) is 2.89. The molecule has 0 unspecified atom stereocenters. The third-order valence-corrected chi connectivity index (χ3v) is 3.73. The fourth-order valence-corrected chi connectivity index (χ4v) is 2.22. The van der Waals surface area contributed by atoms with E-state index in [2.05, 4.69) is 25.8 Å². The summed E-state index contributed by atoms with van der Waals surface area (Å²) in [5, 5.41) is 13.9. The number of aryl methyl sites for hydroxylation is 1. The zero-order chi connectivity index (χ0) is 19.3. The van der Waals surface area contributed by atoms with Crippen LogP contribution < -0.4 is 10.6 Å². The molecule has 2 aromatic rings. The topological polar surface area (TPSA) is 67.1 Å². The van der Waals surface area contributed by atoms with Crippen molar-refractivity contribution in [3.05, 3.63) is 46.8 Å². The summed E-state index contributed by atoms with van der Waals surface area (Å²) in [7, 11) is 1.81. The Morgan fingerprint density at radius 3 is 2.54 bits per heavy atom. The largest absolute Gasteiger partial charge is 0.416 e. The molecule has 0 aliphatic carbocycles. The summed E-state index contributed by atoms with van der Waals surface area (Å²) < 4.78 is 54.1. The fourth-order valence-electron chi connectivity index (χ4n) is 2.22. The normalized spacial score (nSPS) is 12.3. The van der Waals surface area contributed by atoms with Gasteiger partial charge in [0.05, 0.1) is 18.7 Å². The van der Waals surface area contributed by atoms with Crippen molar-refractivity contribution in [2.45, 2.75) is 33.1 Å². The van der Waals surface area contributed by atoms with Crippen LogP contribution in [0.2, 0.25) is 0 Å². The highest BCUT2D eigenvalue weighted by atomic mass is 19.4. The summed E-state index contributed by atoms with van der Waals surface area (Å²) in [5.74, 6) is 0.786. The number of benzene rings is 1. The van der Waals surface area contributed by atoms with E-state index in [0.717, 1.165) is 18.0 Å². The van der Waals surface area contributed by atoms with Crippen LogP contribution >= 0.6 is 0 Å². The molecule has 2 rings (SSSR count). The number of nitrogens with one attached hydrogen (secondary N) is 2. The second-order valence-electron chi connectivity index (χ2n) is 5.57. The average molecular weight is 372 g/mol. The highest BCUT2D eigenvalue weighted by Crippen LogP contribution is 2.32. The van der Waals surface area contributed by atoms with Crippen LogP contribution in [0.1, 0.15) is 29.7 Å². The van der Waals surface area contributed by atoms with Crippen LogP contribution in [0.4, 0.5) is 17.6 Å². The third-order valence-electron chi connectivity index (χ3n) is 3.73. The number of nitrogens with zero attached hydrogens (tertiary/aromatic N) is 4. The molecule has 0 radical (unpaired) electrons. The van der Waals surface area contributed by atoms with E-state index in [1.807, 2.05) is 20.9 Å². The lowest BCUT2D eigenvalue weighted by Gasteiger charge is -2.14. The minimum atomic E-state index is -4.64. The summed E-state index contributed by atoms with van der Waals surface area (Å²) in [6.45, 7) is 4.23. The van der Waals surface area contributed by atoms with Gasteiger partial charge in [0.2, 0.25) is 0 Å². The maximum Gasteiger partial charge on any atom is 0.416 e. The first-order valence-corrected chi connectivity index (χ1v) is 7.95. The van der Waals surface area contributed by atoms with E-state index in [4.69, 9.17) is 0 Å². The minimum Gasteiger partial charge on any atom is -0.357 e. The smallest absolute Gasteiger partial charge is 0.357 e. The van der Waals surface area contributed by atoms with Crippen molar-refractivity contribution < 1.29 is 17.6 Å². The Hall–Kier alpha value is -2.65. The van der Waals surface area contributed by atoms with Gasteiger partial charge in [-0.15, -0.1) is 10.2 Å². The molecule has 0 amide bonds. The van der Waals surface area contributed by atoms with Crippen LogP contribution in [-0.4, -0.2) is 27.3 Å². The maximum absolute atomic E-state index is 13.2. The molecule has 1 heterocycles. The number of alkyl halides is 3. The monoisotopic (exact) mass is 372 g/mol. The number of guanidine groups is 1. The van der Waals surface area contributed by atoms with Gasteiger partial charge >= 0.3 is 6.18 Å². The van der Waals surface area contributed by atoms with Gasteiger partial charge in [0.25, 0.3) is 0 Å². The Bertz CT molecular complexity index is 782. The predicted octanol–water partition coefficient (Wildman–Crippen LogP) is 2.54. The standard InChI is InChI=1S/C16H20F4N6/c1-4-21-15(23-9-14-25-24-10(2)26(14)3)22-8-11-5-6-12(17)7-13(11)16(18,19)20/h5-7H,4,8-9H2,1-3H3,(H2,21,22,23). The van der Waals surface area contributed by atoms with Crippen molar-refractivity contribution in [3.63, 3.8) is 0 Å². The van der Waals surface area contributed by atoms with Gasteiger partial charge in [0.15, 0.2) is 11.8 Å². The number of hydrogen-bond acceptors (Lipinski definition) is 3. The molecule has 2 N–H and O–H groups in total. The van der Waals surface area contributed by atoms with Crippen LogP contribution in [0.5, 0.6) is 0 Å². The summed E-state index contributed by atoms with van der Waals surface area (Å²) in [4.78, 5) is 4.15. The van der Waals surface area contributed by atoms with E-state index in [1.54, 1.807) is 4.57 Å². The molecule has 1 aromatic heterocycles. The zero-order valence-corrected chi connectivity index (χ0v) is 14.7. The zero-order valence-electron chi connectivity index (χ0n) is 14.7. The Morgan fingerprint density at radius 1 is 1.23 bits per heavy atom. The fraction of sp³-hybridized carbons (Fsp3) is 0.438. The molecule has 0 fully saturated rings. The molecule has 0 aliphatic rings. The van der Waals surface area contributed by atoms with E-state index in [1.165, 1.54) is 0 Å². The molecule has 1 aromatic carbocycles. The van der Waals surface area contributed by atoms with E-state index in [0.29, 0.717) is 30.9 Å². The molecule has 0 bridgehead atoms. The summed E-state index contributed by atoms with van der Waals surface area (Å²) >= 11 is 0. The van der Waals surface area contributed by atoms with Gasteiger partial charge in [-0.3, -0.25) is 0 Å². The van der Waals surface area contributed by atoms with Crippen molar-refractivity contribution in [2.75, 3.05) is 6.54 Å². The first-order valence-electron chi connectivity index (χ1n) is 7.95. The van der Waals surface area contributed by atoms with Crippen molar-refractivity contribution in [3.8, 4) is 0 Å². The second kappa shape index (κ2) is 8.15. The van der Waals surface area contributed by atoms with Crippen molar-refractivity contribution in [2.24, 2.45) is 12.0 Å². The predicted molar refractivity (Wildman–Crippen MR) is 88.8 cm³/mol. The molecular weight excluding hydrogens is 352 g/mol. The third kappa shape index (κ3) is 4.93. The Labute approximate surface area is 148 Å². The molecule has 0 spiro atoms. The molecule has 0 saturated carbocycles. The summed E-state index contributed by atoms with van der Waals surface area (Å²) in [6, 6.07) is 2.56. The van der Waals surface area contributed by atoms with Crippen molar-refractivity contribution >= 4 is 5.96 Å². The quantitative estimate of drug-likeness (QED) is 0.481. The number of hydrogen-bond donors (Lipinski definition) is 2. The Morgan fingerprint density at radius 2 is 1.96 bits per heavy atom.